The van der Waals surface area contributed by atoms with E-state index in [1.807, 2.05) is 49.4 Å². The molecule has 2 atom stereocenters. The summed E-state index contributed by atoms with van der Waals surface area (Å²) < 4.78 is 5.60. The SMILES string of the molecule is CCNC(=NCC(O)COCc1ccccc1)NC1CCN(c2ncccc2Cl)C1.I. The van der Waals surface area contributed by atoms with E-state index in [2.05, 4.69) is 25.5 Å². The Hall–Kier alpha value is -1.62. The van der Waals surface area contributed by atoms with Gasteiger partial charge in [-0.3, -0.25) is 4.99 Å². The number of ether oxygens (including phenoxy) is 1. The first kappa shape index (κ1) is 25.6. The number of anilines is 1. The third-order valence-corrected chi connectivity index (χ3v) is 5.09. The van der Waals surface area contributed by atoms with Crippen molar-refractivity contribution in [2.45, 2.75) is 32.1 Å². The number of nitrogens with one attached hydrogen (secondary N) is 2. The minimum absolute atomic E-state index is 0. The molecule has 0 saturated carbocycles. The quantitative estimate of drug-likeness (QED) is 0.249. The summed E-state index contributed by atoms with van der Waals surface area (Å²) in [5.74, 6) is 1.51. The van der Waals surface area contributed by atoms with E-state index in [9.17, 15) is 5.11 Å². The first-order chi connectivity index (χ1) is 14.7. The number of rotatable bonds is 9. The van der Waals surface area contributed by atoms with Gasteiger partial charge in [0.15, 0.2) is 5.96 Å². The average Bonchev–Trinajstić information content (AvgIpc) is 3.21. The molecule has 0 spiro atoms. The van der Waals surface area contributed by atoms with Gasteiger partial charge in [0.05, 0.1) is 30.9 Å². The Kier molecular flexibility index (Phi) is 11.3. The smallest absolute Gasteiger partial charge is 0.191 e. The number of aliphatic hydroxyl groups is 1. The predicted octanol–water partition coefficient (Wildman–Crippen LogP) is 3.06. The lowest BCUT2D eigenvalue weighted by molar-refractivity contribution is 0.0331. The molecule has 0 aliphatic carbocycles. The zero-order valence-corrected chi connectivity index (χ0v) is 20.8. The molecule has 2 aromatic rings. The largest absolute Gasteiger partial charge is 0.389 e. The Balaban J connectivity index is 0.00000341. The number of nitrogens with zero attached hydrogens (tertiary/aromatic N) is 3. The summed E-state index contributed by atoms with van der Waals surface area (Å²) in [5, 5.41) is 17.6. The Morgan fingerprint density at radius 3 is 2.87 bits per heavy atom. The zero-order chi connectivity index (χ0) is 21.2. The molecule has 7 nitrogen and oxygen atoms in total. The van der Waals surface area contributed by atoms with Crippen LogP contribution in [0.4, 0.5) is 5.82 Å². The first-order valence-corrected chi connectivity index (χ1v) is 10.7. The number of aromatic nitrogens is 1. The van der Waals surface area contributed by atoms with Gasteiger partial charge in [0.25, 0.3) is 0 Å². The topological polar surface area (TPSA) is 82.0 Å². The highest BCUT2D eigenvalue weighted by atomic mass is 127. The number of halogens is 2. The van der Waals surface area contributed by atoms with Crippen LogP contribution < -0.4 is 15.5 Å². The number of pyridine rings is 1. The van der Waals surface area contributed by atoms with Crippen molar-refractivity contribution in [2.24, 2.45) is 4.99 Å². The maximum absolute atomic E-state index is 10.2. The molecular weight excluding hydrogens is 529 g/mol. The standard InChI is InChI=1S/C22H30ClN5O2.HI/c1-2-24-22(26-13-19(29)16-30-15-17-7-4-3-5-8-17)27-18-10-12-28(14-18)21-20(23)9-6-11-25-21;/h3-9,11,18-19,29H,2,10,12-16H2,1H3,(H2,24,26,27);1H. The molecule has 1 aromatic carbocycles. The molecule has 170 valence electrons. The Morgan fingerprint density at radius 2 is 2.13 bits per heavy atom. The number of hydrogen-bond donors (Lipinski definition) is 3. The maximum Gasteiger partial charge on any atom is 0.191 e. The summed E-state index contributed by atoms with van der Waals surface area (Å²) >= 11 is 6.27. The second kappa shape index (κ2) is 13.7. The predicted molar refractivity (Wildman–Crippen MR) is 136 cm³/mol. The van der Waals surface area contributed by atoms with Gasteiger partial charge >= 0.3 is 0 Å². The molecule has 31 heavy (non-hydrogen) atoms. The average molecular weight is 560 g/mol. The van der Waals surface area contributed by atoms with Crippen molar-refractivity contribution in [1.82, 2.24) is 15.6 Å². The van der Waals surface area contributed by atoms with Crippen LogP contribution in [0.5, 0.6) is 0 Å². The summed E-state index contributed by atoms with van der Waals surface area (Å²) in [7, 11) is 0. The summed E-state index contributed by atoms with van der Waals surface area (Å²) in [5.41, 5.74) is 1.09. The van der Waals surface area contributed by atoms with Crippen LogP contribution in [0.25, 0.3) is 0 Å². The van der Waals surface area contributed by atoms with Crippen molar-refractivity contribution in [3.63, 3.8) is 0 Å². The number of aliphatic hydroxyl groups excluding tert-OH is 1. The summed E-state index contributed by atoms with van der Waals surface area (Å²) in [6.45, 7) is 5.43. The summed E-state index contributed by atoms with van der Waals surface area (Å²) in [6, 6.07) is 13.8. The fourth-order valence-corrected chi connectivity index (χ4v) is 3.57. The second-order valence-corrected chi connectivity index (χ2v) is 7.67. The highest BCUT2D eigenvalue weighted by molar-refractivity contribution is 14.0. The van der Waals surface area contributed by atoms with Crippen LogP contribution in [-0.2, 0) is 11.3 Å². The van der Waals surface area contributed by atoms with Gasteiger partial charge in [0.1, 0.15) is 5.82 Å². The van der Waals surface area contributed by atoms with Crippen molar-refractivity contribution in [3.8, 4) is 0 Å². The van der Waals surface area contributed by atoms with Crippen LogP contribution in [0.15, 0.2) is 53.7 Å². The van der Waals surface area contributed by atoms with E-state index in [-0.39, 0.29) is 43.2 Å². The van der Waals surface area contributed by atoms with E-state index >= 15 is 0 Å². The van der Waals surface area contributed by atoms with Crippen molar-refractivity contribution in [1.29, 1.82) is 0 Å². The monoisotopic (exact) mass is 559 g/mol. The van der Waals surface area contributed by atoms with Crippen molar-refractivity contribution in [3.05, 3.63) is 59.2 Å². The molecule has 2 heterocycles. The Labute approximate surface area is 206 Å². The van der Waals surface area contributed by atoms with E-state index in [1.165, 1.54) is 0 Å². The Morgan fingerprint density at radius 1 is 1.32 bits per heavy atom. The molecule has 0 amide bonds. The van der Waals surface area contributed by atoms with Crippen LogP contribution in [0.3, 0.4) is 0 Å². The fourth-order valence-electron chi connectivity index (χ4n) is 3.33. The zero-order valence-electron chi connectivity index (χ0n) is 17.7. The van der Waals surface area contributed by atoms with E-state index in [0.717, 1.165) is 37.4 Å². The molecular formula is C22H31ClIN5O2. The van der Waals surface area contributed by atoms with Crippen molar-refractivity contribution >= 4 is 47.4 Å². The van der Waals surface area contributed by atoms with Gasteiger partial charge in [0, 0.05) is 31.9 Å². The van der Waals surface area contributed by atoms with Crippen molar-refractivity contribution < 1.29 is 9.84 Å². The maximum atomic E-state index is 10.2. The Bertz CT molecular complexity index is 811. The molecule has 1 saturated heterocycles. The molecule has 3 rings (SSSR count). The highest BCUT2D eigenvalue weighted by Crippen LogP contribution is 2.25. The number of aliphatic imine (C=N–C) groups is 1. The minimum atomic E-state index is -0.656. The van der Waals surface area contributed by atoms with E-state index in [4.69, 9.17) is 16.3 Å². The lowest BCUT2D eigenvalue weighted by atomic mass is 10.2. The van der Waals surface area contributed by atoms with Gasteiger partial charge in [-0.1, -0.05) is 41.9 Å². The highest BCUT2D eigenvalue weighted by Gasteiger charge is 2.25. The summed E-state index contributed by atoms with van der Waals surface area (Å²) in [6.07, 6.45) is 2.06. The fraction of sp³-hybridized carbons (Fsp3) is 0.455. The van der Waals surface area contributed by atoms with Crippen LogP contribution in [0.1, 0.15) is 18.9 Å². The van der Waals surface area contributed by atoms with Gasteiger partial charge in [-0.15, -0.1) is 24.0 Å². The van der Waals surface area contributed by atoms with Crippen LogP contribution in [0.2, 0.25) is 5.02 Å². The lowest BCUT2D eigenvalue weighted by Gasteiger charge is -2.20. The third kappa shape index (κ3) is 8.44. The van der Waals surface area contributed by atoms with E-state index in [1.54, 1.807) is 6.20 Å². The number of guanidine groups is 1. The second-order valence-electron chi connectivity index (χ2n) is 7.26. The van der Waals surface area contributed by atoms with Gasteiger partial charge in [-0.05, 0) is 31.0 Å². The van der Waals surface area contributed by atoms with Crippen molar-refractivity contribution in [2.75, 3.05) is 37.7 Å². The van der Waals surface area contributed by atoms with Crippen LogP contribution in [-0.4, -0.2) is 61.0 Å². The van der Waals surface area contributed by atoms with Gasteiger partial charge in [-0.25, -0.2) is 4.98 Å². The lowest BCUT2D eigenvalue weighted by Crippen LogP contribution is -2.45. The third-order valence-electron chi connectivity index (χ3n) is 4.79. The molecule has 2 unspecified atom stereocenters. The van der Waals surface area contributed by atoms with Gasteiger partial charge in [-0.2, -0.15) is 0 Å². The number of benzene rings is 1. The summed E-state index contributed by atoms with van der Waals surface area (Å²) in [4.78, 5) is 11.1. The molecule has 0 bridgehead atoms. The molecule has 9 heteroatoms. The molecule has 1 aromatic heterocycles. The van der Waals surface area contributed by atoms with Gasteiger partial charge < -0.3 is 25.4 Å². The van der Waals surface area contributed by atoms with Crippen LogP contribution in [0, 0.1) is 0 Å². The molecule has 0 radical (unpaired) electrons. The molecule has 1 fully saturated rings. The normalized spacial score (nSPS) is 17.2. The minimum Gasteiger partial charge on any atom is -0.389 e. The number of hydrogen-bond acceptors (Lipinski definition) is 5. The van der Waals surface area contributed by atoms with Gasteiger partial charge in [0.2, 0.25) is 0 Å². The molecule has 1 aliphatic rings. The first-order valence-electron chi connectivity index (χ1n) is 10.4. The molecule has 3 N–H and O–H groups in total. The van der Waals surface area contributed by atoms with E-state index in [0.29, 0.717) is 17.6 Å². The van der Waals surface area contributed by atoms with Crippen LogP contribution >= 0.6 is 35.6 Å². The van der Waals surface area contributed by atoms with E-state index < -0.39 is 6.10 Å². The molecule has 1 aliphatic heterocycles.